The van der Waals surface area contributed by atoms with Crippen LogP contribution in [0, 0.1) is 6.92 Å². The molecule has 0 unspecified atom stereocenters. The molecule has 1 N–H and O–H groups in total. The summed E-state index contributed by atoms with van der Waals surface area (Å²) in [6, 6.07) is 7.98. The third-order valence-corrected chi connectivity index (χ3v) is 7.59. The van der Waals surface area contributed by atoms with E-state index in [2.05, 4.69) is 5.32 Å². The summed E-state index contributed by atoms with van der Waals surface area (Å²) in [5.74, 6) is -0.0339. The topological polar surface area (TPSA) is 58.6 Å². The number of anilines is 2. The summed E-state index contributed by atoms with van der Waals surface area (Å²) in [7, 11) is 0. The molecule has 154 valence electrons. The second-order valence-electron chi connectivity index (χ2n) is 7.39. The highest BCUT2D eigenvalue weighted by atomic mass is 32.2. The molecule has 2 aliphatic rings. The highest BCUT2D eigenvalue weighted by molar-refractivity contribution is 8.00. The molecule has 7 heteroatoms. The Hall–Kier alpha value is -1.99. The van der Waals surface area contributed by atoms with Gasteiger partial charge in [0.2, 0.25) is 0 Å². The van der Waals surface area contributed by atoms with Crippen LogP contribution in [0.1, 0.15) is 52.5 Å². The molecule has 2 heterocycles. The summed E-state index contributed by atoms with van der Waals surface area (Å²) in [5.41, 5.74) is 3.71. The van der Waals surface area contributed by atoms with Crippen molar-refractivity contribution in [3.63, 3.8) is 0 Å². The monoisotopic (exact) mass is 430 g/mol. The number of thiophene rings is 1. The van der Waals surface area contributed by atoms with Crippen molar-refractivity contribution in [3.05, 3.63) is 45.8 Å². The molecular formula is C22H26N2O3S2. The first kappa shape index (κ1) is 20.3. The average Bonchev–Trinajstić information content (AvgIpc) is 2.89. The van der Waals surface area contributed by atoms with Crippen molar-refractivity contribution in [2.24, 2.45) is 0 Å². The van der Waals surface area contributed by atoms with E-state index in [1.807, 2.05) is 31.2 Å². The minimum Gasteiger partial charge on any atom is -0.465 e. The summed E-state index contributed by atoms with van der Waals surface area (Å²) in [5, 5.41) is 4.50. The number of rotatable bonds is 5. The molecule has 1 aromatic heterocycles. The summed E-state index contributed by atoms with van der Waals surface area (Å²) >= 11 is 3.11. The molecule has 0 fully saturated rings. The van der Waals surface area contributed by atoms with E-state index in [4.69, 9.17) is 4.74 Å². The zero-order valence-electron chi connectivity index (χ0n) is 16.8. The van der Waals surface area contributed by atoms with Crippen LogP contribution in [0.25, 0.3) is 0 Å². The quantitative estimate of drug-likeness (QED) is 0.536. The van der Waals surface area contributed by atoms with Crippen molar-refractivity contribution >= 4 is 45.7 Å². The van der Waals surface area contributed by atoms with E-state index < -0.39 is 0 Å². The molecule has 0 radical (unpaired) electrons. The van der Waals surface area contributed by atoms with Crippen LogP contribution in [0.4, 0.5) is 10.7 Å². The smallest absolute Gasteiger partial charge is 0.316 e. The van der Waals surface area contributed by atoms with Gasteiger partial charge in [-0.3, -0.25) is 14.5 Å². The first-order chi connectivity index (χ1) is 14.1. The Labute approximate surface area is 179 Å². The lowest BCUT2D eigenvalue weighted by atomic mass is 10.0. The number of hydrogen-bond acceptors (Lipinski definition) is 6. The maximum Gasteiger partial charge on any atom is 0.316 e. The van der Waals surface area contributed by atoms with Crippen LogP contribution in [0.2, 0.25) is 0 Å². The number of esters is 1. The fourth-order valence-corrected chi connectivity index (χ4v) is 6.22. The number of carbonyl (C=O) groups excluding carboxylic acids is 2. The van der Waals surface area contributed by atoms with Crippen LogP contribution in [0.5, 0.6) is 0 Å². The van der Waals surface area contributed by atoms with Gasteiger partial charge in [-0.15, -0.1) is 23.1 Å². The number of aryl methyl sites for hydroxylation is 2. The van der Waals surface area contributed by atoms with Gasteiger partial charge in [0.25, 0.3) is 5.91 Å². The zero-order chi connectivity index (χ0) is 20.4. The number of hydrogen-bond donors (Lipinski definition) is 1. The van der Waals surface area contributed by atoms with Crippen LogP contribution in [0.3, 0.4) is 0 Å². The number of thioether (sulfide) groups is 1. The highest BCUT2D eigenvalue weighted by Gasteiger charge is 2.38. The van der Waals surface area contributed by atoms with Crippen LogP contribution in [-0.4, -0.2) is 29.7 Å². The molecular weight excluding hydrogens is 404 g/mol. The molecule has 1 aliphatic heterocycles. The Morgan fingerprint density at radius 3 is 2.76 bits per heavy atom. The molecule has 29 heavy (non-hydrogen) atoms. The van der Waals surface area contributed by atoms with E-state index in [0.29, 0.717) is 6.61 Å². The molecule has 1 aliphatic carbocycles. The van der Waals surface area contributed by atoms with Gasteiger partial charge < -0.3 is 10.1 Å². The minimum absolute atomic E-state index is 0.0309. The van der Waals surface area contributed by atoms with Gasteiger partial charge in [0.1, 0.15) is 5.00 Å². The van der Waals surface area contributed by atoms with Gasteiger partial charge in [-0.2, -0.15) is 0 Å². The summed E-state index contributed by atoms with van der Waals surface area (Å²) in [4.78, 5) is 28.8. The van der Waals surface area contributed by atoms with Gasteiger partial charge in [-0.25, -0.2) is 0 Å². The Balaban J connectivity index is 1.69. The van der Waals surface area contributed by atoms with E-state index in [9.17, 15) is 9.59 Å². The van der Waals surface area contributed by atoms with E-state index in [-0.39, 0.29) is 23.1 Å². The highest BCUT2D eigenvalue weighted by Crippen LogP contribution is 2.43. The lowest BCUT2D eigenvalue weighted by Gasteiger charge is -2.36. The third-order valence-electron chi connectivity index (χ3n) is 5.32. The van der Waals surface area contributed by atoms with Crippen molar-refractivity contribution < 1.29 is 14.3 Å². The standard InChI is InChI=1S/C22H26N2O3S2/c1-3-27-18(25)13-28-22-23-20-19(16-7-5-4-6-8-17(16)29-20)21(26)24(22)15-11-9-14(2)10-12-15/h9-12,22-23H,3-8,13H2,1-2H3/t22-/m1/s1. The van der Waals surface area contributed by atoms with Crippen LogP contribution >= 0.6 is 23.1 Å². The number of ether oxygens (including phenoxy) is 1. The number of nitrogens with one attached hydrogen (secondary N) is 1. The SMILES string of the molecule is CCOC(=O)CS[C@@H]1Nc2sc3c(c2C(=O)N1c1ccc(C)cc1)CCCCC3. The molecule has 0 saturated carbocycles. The summed E-state index contributed by atoms with van der Waals surface area (Å²) < 4.78 is 5.08. The van der Waals surface area contributed by atoms with Crippen molar-refractivity contribution in [3.8, 4) is 0 Å². The van der Waals surface area contributed by atoms with Crippen molar-refractivity contribution in [2.45, 2.75) is 51.4 Å². The lowest BCUT2D eigenvalue weighted by molar-refractivity contribution is -0.139. The lowest BCUT2D eigenvalue weighted by Crippen LogP contribution is -2.47. The molecule has 0 bridgehead atoms. The third kappa shape index (κ3) is 4.16. The van der Waals surface area contributed by atoms with Crippen LogP contribution < -0.4 is 10.2 Å². The Morgan fingerprint density at radius 1 is 1.24 bits per heavy atom. The second-order valence-corrected chi connectivity index (χ2v) is 9.57. The maximum absolute atomic E-state index is 13.7. The number of nitrogens with zero attached hydrogens (tertiary/aromatic N) is 1. The fraction of sp³-hybridized carbons (Fsp3) is 0.455. The number of carbonyl (C=O) groups is 2. The molecule has 1 atom stereocenters. The van der Waals surface area contributed by atoms with Crippen molar-refractivity contribution in [1.82, 2.24) is 0 Å². The Morgan fingerprint density at radius 2 is 2.00 bits per heavy atom. The predicted molar refractivity (Wildman–Crippen MR) is 120 cm³/mol. The normalized spacial score (nSPS) is 18.5. The van der Waals surface area contributed by atoms with Gasteiger partial charge in [-0.05, 0) is 57.2 Å². The molecule has 4 rings (SSSR count). The largest absolute Gasteiger partial charge is 0.465 e. The van der Waals surface area contributed by atoms with Crippen molar-refractivity contribution in [1.29, 1.82) is 0 Å². The summed E-state index contributed by atoms with van der Waals surface area (Å²) in [6.07, 6.45) is 5.56. The molecule has 1 amide bonds. The molecule has 5 nitrogen and oxygen atoms in total. The van der Waals surface area contributed by atoms with Gasteiger partial charge in [0.05, 0.1) is 17.9 Å². The zero-order valence-corrected chi connectivity index (χ0v) is 18.5. The first-order valence-corrected chi connectivity index (χ1v) is 12.0. The molecule has 0 spiro atoms. The number of benzene rings is 1. The minimum atomic E-state index is -0.343. The van der Waals surface area contributed by atoms with Gasteiger partial charge >= 0.3 is 5.97 Å². The molecule has 2 aromatic rings. The second kappa shape index (κ2) is 8.79. The van der Waals surface area contributed by atoms with Crippen molar-refractivity contribution in [2.75, 3.05) is 22.6 Å². The number of fused-ring (bicyclic) bond motifs is 3. The summed E-state index contributed by atoms with van der Waals surface area (Å²) in [6.45, 7) is 4.19. The van der Waals surface area contributed by atoms with Gasteiger partial charge in [0.15, 0.2) is 5.50 Å². The van der Waals surface area contributed by atoms with Gasteiger partial charge in [0, 0.05) is 10.6 Å². The van der Waals surface area contributed by atoms with E-state index in [1.165, 1.54) is 35.0 Å². The Kier molecular flexibility index (Phi) is 6.15. The molecule has 0 saturated heterocycles. The van der Waals surface area contributed by atoms with Crippen LogP contribution in [0.15, 0.2) is 24.3 Å². The average molecular weight is 431 g/mol. The fourth-order valence-electron chi connectivity index (χ4n) is 3.90. The maximum atomic E-state index is 13.7. The first-order valence-electron chi connectivity index (χ1n) is 10.2. The predicted octanol–water partition coefficient (Wildman–Crippen LogP) is 4.98. The van der Waals surface area contributed by atoms with E-state index in [1.54, 1.807) is 23.2 Å². The Bertz CT molecular complexity index is 908. The number of amides is 1. The van der Waals surface area contributed by atoms with Gasteiger partial charge in [-0.1, -0.05) is 24.1 Å². The van der Waals surface area contributed by atoms with E-state index in [0.717, 1.165) is 41.1 Å². The van der Waals surface area contributed by atoms with Crippen LogP contribution in [-0.2, 0) is 22.4 Å². The van der Waals surface area contributed by atoms with E-state index >= 15 is 0 Å². The molecule has 1 aromatic carbocycles.